The average molecular weight is 892 g/mol. The molecule has 3 heterocycles. The van der Waals surface area contributed by atoms with E-state index in [-0.39, 0.29) is 36.2 Å². The highest BCUT2D eigenvalue weighted by Gasteiger charge is 2.59. The SMILES string of the molecule is COC1C[C@@H]2C=CC[C@@H](C[C@H](OC)[C@@]3(CO3)[C@@H](OC)C[C@@H](OC)[C@H](C)[C@H]([C@@H](C)[C@@H](OC(C)=O)[C@@H](C)CCC(=O)[C@H](C)[C@H](OC)[C@H](C)/C=C/N(C)C=O)OC(=O)/C=C/C(C)=C/[C@@H]1O)O2. The maximum absolute atomic E-state index is 13.8. The van der Waals surface area contributed by atoms with Gasteiger partial charge >= 0.3 is 11.9 Å². The molecule has 0 aromatic rings. The van der Waals surface area contributed by atoms with Crippen molar-refractivity contribution in [1.29, 1.82) is 0 Å². The number of ketones is 1. The van der Waals surface area contributed by atoms with E-state index in [2.05, 4.69) is 6.08 Å². The molecule has 3 aliphatic heterocycles. The number of carbonyl (C=O) groups excluding carboxylic acids is 4. The molecule has 1 N–H and O–H groups in total. The van der Waals surface area contributed by atoms with Crippen molar-refractivity contribution in [3.05, 3.63) is 48.2 Å². The van der Waals surface area contributed by atoms with Crippen LogP contribution in [0.15, 0.2) is 48.2 Å². The van der Waals surface area contributed by atoms with Crippen LogP contribution < -0.4 is 0 Å². The number of epoxide rings is 1. The summed E-state index contributed by atoms with van der Waals surface area (Å²) in [5.74, 6) is -3.19. The van der Waals surface area contributed by atoms with Gasteiger partial charge in [-0.1, -0.05) is 70.6 Å². The fraction of sp³-hybridized carbons (Fsp3) is 0.750. The number of aliphatic hydroxyl groups excluding tert-OH is 1. The number of hydrogen-bond donors (Lipinski definition) is 1. The van der Waals surface area contributed by atoms with Crippen molar-refractivity contribution < 1.29 is 66.9 Å². The normalized spacial score (nSPS) is 34.0. The molecule has 0 aromatic carbocycles. The van der Waals surface area contributed by atoms with Crippen LogP contribution in [-0.2, 0) is 61.8 Å². The predicted octanol–water partition coefficient (Wildman–Crippen LogP) is 5.57. The van der Waals surface area contributed by atoms with Crippen molar-refractivity contribution in [2.24, 2.45) is 29.6 Å². The monoisotopic (exact) mass is 892 g/mol. The number of carbonyl (C=O) groups is 4. The first-order valence-corrected chi connectivity index (χ1v) is 22.3. The Bertz CT molecular complexity index is 1580. The second kappa shape index (κ2) is 26.0. The molecule has 1 fully saturated rings. The summed E-state index contributed by atoms with van der Waals surface area (Å²) in [5.41, 5.74) is -0.184. The lowest BCUT2D eigenvalue weighted by molar-refractivity contribution is -0.169. The Morgan fingerprint density at radius 2 is 1.62 bits per heavy atom. The molecule has 16 atom stereocenters. The molecule has 1 amide bonds. The largest absolute Gasteiger partial charge is 0.462 e. The van der Waals surface area contributed by atoms with E-state index in [4.69, 9.17) is 42.6 Å². The molecule has 15 nitrogen and oxygen atoms in total. The van der Waals surface area contributed by atoms with E-state index >= 15 is 0 Å². The molecule has 0 radical (unpaired) electrons. The van der Waals surface area contributed by atoms with Crippen LogP contribution in [0.3, 0.4) is 0 Å². The number of esters is 2. The number of Topliss-reactive ketones (excluding diaryl/α,β-unsaturated/α-hetero) is 1. The fourth-order valence-corrected chi connectivity index (χ4v) is 9.31. The van der Waals surface area contributed by atoms with Gasteiger partial charge in [-0.25, -0.2) is 4.79 Å². The third-order valence-corrected chi connectivity index (χ3v) is 13.2. The standard InChI is InChI=1S/C48H77NO14/c1-29-17-20-44(54)63-47(34(6)46(61-35(7)51)30(2)18-19-38(52)32(4)45(59-13)31(3)21-22-49(8)28-50)33(5)40(55-9)26-43(58-12)48(27-60-48)42(57-11)25-37-16-14-15-36(62-37)24-41(56-10)39(53)23-29/h14-15,17,20-23,28,30-34,36-37,39-43,45-47,53H,16,18-19,24-27H2,1-13H3/b20-17+,22-21+,29-23+/t30-,31+,32-,33-,34-,36-,37-,39-,40+,41?,42-,43-,45+,46-,47+,48-/m0/s1. The Morgan fingerprint density at radius 1 is 0.968 bits per heavy atom. The van der Waals surface area contributed by atoms with Crippen molar-refractivity contribution in [2.75, 3.05) is 49.2 Å². The maximum Gasteiger partial charge on any atom is 0.331 e. The second-order valence-corrected chi connectivity index (χ2v) is 17.8. The lowest BCUT2D eigenvalue weighted by atomic mass is 9.78. The number of cyclic esters (lactones) is 1. The highest BCUT2D eigenvalue weighted by atomic mass is 16.6. The van der Waals surface area contributed by atoms with E-state index in [1.807, 2.05) is 46.8 Å². The molecule has 1 saturated heterocycles. The summed E-state index contributed by atoms with van der Waals surface area (Å²) in [6, 6.07) is 0. The molecule has 2 bridgehead atoms. The molecule has 15 heteroatoms. The summed E-state index contributed by atoms with van der Waals surface area (Å²) in [7, 11) is 9.61. The highest BCUT2D eigenvalue weighted by Crippen LogP contribution is 2.44. The van der Waals surface area contributed by atoms with Crippen LogP contribution in [0.25, 0.3) is 0 Å². The van der Waals surface area contributed by atoms with Gasteiger partial charge in [-0.3, -0.25) is 14.4 Å². The first-order valence-electron chi connectivity index (χ1n) is 22.3. The lowest BCUT2D eigenvalue weighted by Gasteiger charge is -2.40. The van der Waals surface area contributed by atoms with Crippen LogP contribution >= 0.6 is 0 Å². The third kappa shape index (κ3) is 15.4. The van der Waals surface area contributed by atoms with Gasteiger partial charge in [-0.05, 0) is 25.7 Å². The van der Waals surface area contributed by atoms with Crippen molar-refractivity contribution in [3.63, 3.8) is 0 Å². The second-order valence-electron chi connectivity index (χ2n) is 17.8. The summed E-state index contributed by atoms with van der Waals surface area (Å²) < 4.78 is 55.0. The number of hydrogen-bond acceptors (Lipinski definition) is 14. The van der Waals surface area contributed by atoms with Gasteiger partial charge < -0.3 is 52.6 Å². The van der Waals surface area contributed by atoms with Gasteiger partial charge in [-0.15, -0.1) is 0 Å². The van der Waals surface area contributed by atoms with Crippen LogP contribution in [0, 0.1) is 29.6 Å². The Labute approximate surface area is 375 Å². The molecule has 63 heavy (non-hydrogen) atoms. The molecule has 358 valence electrons. The molecule has 3 aliphatic rings. The molecule has 3 rings (SSSR count). The van der Waals surface area contributed by atoms with E-state index in [1.54, 1.807) is 67.9 Å². The van der Waals surface area contributed by atoms with Crippen LogP contribution in [0.4, 0.5) is 0 Å². The van der Waals surface area contributed by atoms with Gasteiger partial charge in [0.2, 0.25) is 6.41 Å². The van der Waals surface area contributed by atoms with E-state index in [1.165, 1.54) is 17.9 Å². The van der Waals surface area contributed by atoms with Gasteiger partial charge in [-0.2, -0.15) is 0 Å². The number of aliphatic hydroxyl groups is 1. The minimum atomic E-state index is -0.997. The summed E-state index contributed by atoms with van der Waals surface area (Å²) in [6.45, 7) is 13.0. The summed E-state index contributed by atoms with van der Waals surface area (Å²) in [5, 5.41) is 11.2. The van der Waals surface area contributed by atoms with Crippen molar-refractivity contribution >= 4 is 24.1 Å². The number of allylic oxidation sites excluding steroid dienone is 2. The number of nitrogens with zero attached hydrogens (tertiary/aromatic N) is 1. The molecule has 1 spiro atoms. The maximum atomic E-state index is 13.8. The predicted molar refractivity (Wildman–Crippen MR) is 236 cm³/mol. The number of ether oxygens (including phenoxy) is 9. The zero-order valence-electron chi connectivity index (χ0n) is 39.9. The average Bonchev–Trinajstić information content (AvgIpc) is 4.07. The van der Waals surface area contributed by atoms with E-state index in [0.717, 1.165) is 0 Å². The van der Waals surface area contributed by atoms with Crippen LogP contribution in [-0.4, -0.2) is 150 Å². The number of fused-ring (bicyclic) bond motifs is 2. The quantitative estimate of drug-likeness (QED) is 0.0782. The Kier molecular flexibility index (Phi) is 22.3. The van der Waals surface area contributed by atoms with Crippen molar-refractivity contribution in [3.8, 4) is 0 Å². The Morgan fingerprint density at radius 3 is 2.19 bits per heavy atom. The number of methoxy groups -OCH3 is 5. The molecule has 0 saturated carbocycles. The van der Waals surface area contributed by atoms with Crippen molar-refractivity contribution in [2.45, 2.75) is 154 Å². The first kappa shape index (κ1) is 54.1. The van der Waals surface area contributed by atoms with Gasteiger partial charge in [0.15, 0.2) is 0 Å². The Balaban J connectivity index is 2.00. The first-order chi connectivity index (χ1) is 29.9. The molecule has 0 aromatic heterocycles. The fourth-order valence-electron chi connectivity index (χ4n) is 9.31. The molecule has 0 aliphatic carbocycles. The minimum absolute atomic E-state index is 0.0215. The minimum Gasteiger partial charge on any atom is -0.462 e. The number of rotatable bonds is 18. The summed E-state index contributed by atoms with van der Waals surface area (Å²) in [6.07, 6.45) is 9.72. The van der Waals surface area contributed by atoms with Crippen molar-refractivity contribution in [1.82, 2.24) is 4.90 Å². The zero-order chi connectivity index (χ0) is 47.0. The lowest BCUT2D eigenvalue weighted by Crippen LogP contribution is -2.50. The summed E-state index contributed by atoms with van der Waals surface area (Å²) >= 11 is 0. The topological polar surface area (TPSA) is 178 Å². The van der Waals surface area contributed by atoms with Gasteiger partial charge in [0.25, 0.3) is 0 Å². The number of amides is 1. The molecular formula is C48H77NO14. The highest BCUT2D eigenvalue weighted by molar-refractivity contribution is 5.82. The van der Waals surface area contributed by atoms with Crippen LogP contribution in [0.5, 0.6) is 0 Å². The van der Waals surface area contributed by atoms with Gasteiger partial charge in [0.05, 0.1) is 55.4 Å². The smallest absolute Gasteiger partial charge is 0.331 e. The zero-order valence-corrected chi connectivity index (χ0v) is 39.9. The third-order valence-electron chi connectivity index (χ3n) is 13.2. The van der Waals surface area contributed by atoms with E-state index in [0.29, 0.717) is 50.7 Å². The van der Waals surface area contributed by atoms with E-state index in [9.17, 15) is 24.3 Å². The molecular weight excluding hydrogens is 815 g/mol. The molecule has 1 unspecified atom stereocenters. The van der Waals surface area contributed by atoms with Gasteiger partial charge in [0, 0.05) is 111 Å². The van der Waals surface area contributed by atoms with Crippen LogP contribution in [0.2, 0.25) is 0 Å². The summed E-state index contributed by atoms with van der Waals surface area (Å²) in [4.78, 5) is 52.7. The van der Waals surface area contributed by atoms with Gasteiger partial charge in [0.1, 0.15) is 23.6 Å². The van der Waals surface area contributed by atoms with E-state index < -0.39 is 84.1 Å². The van der Waals surface area contributed by atoms with Crippen LogP contribution in [0.1, 0.15) is 87.0 Å². The Hall–Kier alpha value is -3.28.